The summed E-state index contributed by atoms with van der Waals surface area (Å²) in [6.45, 7) is 3.65. The van der Waals surface area contributed by atoms with E-state index in [2.05, 4.69) is 9.71 Å². The molecule has 0 spiro atoms. The average molecular weight is 340 g/mol. The van der Waals surface area contributed by atoms with E-state index in [4.69, 9.17) is 5.11 Å². The lowest BCUT2D eigenvalue weighted by Crippen LogP contribution is -2.28. The van der Waals surface area contributed by atoms with E-state index < -0.39 is 16.0 Å². The standard InChI is InChI=1S/C14H16N2O4S2/c1-9(11-5-3-4-6-15-11)8-16-22(19,20)13-7-12(14(17)18)21-10(13)2/h3-7,9,16H,8H2,1-2H3,(H,17,18). The Labute approximate surface area is 132 Å². The van der Waals surface area contributed by atoms with E-state index in [0.717, 1.165) is 17.0 Å². The Kier molecular flexibility index (Phi) is 4.94. The molecule has 2 heterocycles. The fourth-order valence-corrected chi connectivity index (χ4v) is 4.48. The average Bonchev–Trinajstić information content (AvgIpc) is 2.89. The van der Waals surface area contributed by atoms with Crippen LogP contribution in [0.5, 0.6) is 0 Å². The van der Waals surface area contributed by atoms with Crippen molar-refractivity contribution in [3.05, 3.63) is 45.9 Å². The van der Waals surface area contributed by atoms with Crippen molar-refractivity contribution >= 4 is 27.3 Å². The van der Waals surface area contributed by atoms with Crippen LogP contribution in [0.15, 0.2) is 35.4 Å². The van der Waals surface area contributed by atoms with Gasteiger partial charge in [0.25, 0.3) is 0 Å². The maximum Gasteiger partial charge on any atom is 0.345 e. The number of carboxylic acids is 1. The van der Waals surface area contributed by atoms with Crippen molar-refractivity contribution in [1.82, 2.24) is 9.71 Å². The highest BCUT2D eigenvalue weighted by molar-refractivity contribution is 7.89. The van der Waals surface area contributed by atoms with Crippen LogP contribution < -0.4 is 4.72 Å². The third-order valence-electron chi connectivity index (χ3n) is 3.14. The van der Waals surface area contributed by atoms with Gasteiger partial charge in [0.2, 0.25) is 10.0 Å². The van der Waals surface area contributed by atoms with E-state index in [9.17, 15) is 13.2 Å². The zero-order valence-corrected chi connectivity index (χ0v) is 13.7. The third kappa shape index (κ3) is 3.70. The molecule has 0 radical (unpaired) electrons. The Hall–Kier alpha value is -1.77. The molecule has 0 bridgehead atoms. The van der Waals surface area contributed by atoms with Crippen LogP contribution >= 0.6 is 11.3 Å². The van der Waals surface area contributed by atoms with Crippen molar-refractivity contribution in [2.24, 2.45) is 0 Å². The Morgan fingerprint density at radius 2 is 2.18 bits per heavy atom. The minimum atomic E-state index is -3.74. The van der Waals surface area contributed by atoms with Crippen molar-refractivity contribution in [3.8, 4) is 0 Å². The first-order valence-electron chi connectivity index (χ1n) is 6.55. The van der Waals surface area contributed by atoms with Gasteiger partial charge in [-0.1, -0.05) is 13.0 Å². The second-order valence-corrected chi connectivity index (χ2v) is 7.84. The topological polar surface area (TPSA) is 96.4 Å². The summed E-state index contributed by atoms with van der Waals surface area (Å²) in [5, 5.41) is 8.94. The van der Waals surface area contributed by atoms with Gasteiger partial charge in [-0.3, -0.25) is 4.98 Å². The number of rotatable bonds is 6. The van der Waals surface area contributed by atoms with Gasteiger partial charge in [0.05, 0.1) is 4.90 Å². The predicted molar refractivity (Wildman–Crippen MR) is 83.9 cm³/mol. The third-order valence-corrected chi connectivity index (χ3v) is 5.86. The molecule has 0 saturated heterocycles. The molecule has 2 aromatic rings. The second kappa shape index (κ2) is 6.55. The summed E-state index contributed by atoms with van der Waals surface area (Å²) in [6.07, 6.45) is 1.66. The first kappa shape index (κ1) is 16.6. The lowest BCUT2D eigenvalue weighted by molar-refractivity contribution is 0.0702. The molecule has 0 aliphatic carbocycles. The van der Waals surface area contributed by atoms with Crippen LogP contribution in [0.4, 0.5) is 0 Å². The summed E-state index contributed by atoms with van der Waals surface area (Å²) in [6, 6.07) is 6.66. The first-order chi connectivity index (χ1) is 10.3. The van der Waals surface area contributed by atoms with Gasteiger partial charge in [-0.05, 0) is 25.1 Å². The smallest absolute Gasteiger partial charge is 0.345 e. The highest BCUT2D eigenvalue weighted by atomic mass is 32.2. The van der Waals surface area contributed by atoms with Gasteiger partial charge in [-0.25, -0.2) is 17.9 Å². The molecular formula is C14H16N2O4S2. The molecule has 0 amide bonds. The number of hydrogen-bond donors (Lipinski definition) is 2. The number of aryl methyl sites for hydroxylation is 1. The molecule has 1 unspecified atom stereocenters. The zero-order valence-electron chi connectivity index (χ0n) is 12.1. The quantitative estimate of drug-likeness (QED) is 0.840. The fraction of sp³-hybridized carbons (Fsp3) is 0.286. The van der Waals surface area contributed by atoms with Gasteiger partial charge < -0.3 is 5.11 Å². The second-order valence-electron chi connectivity index (χ2n) is 4.84. The van der Waals surface area contributed by atoms with Crippen molar-refractivity contribution in [2.45, 2.75) is 24.7 Å². The number of sulfonamides is 1. The largest absolute Gasteiger partial charge is 0.477 e. The van der Waals surface area contributed by atoms with Crippen molar-refractivity contribution in [2.75, 3.05) is 6.54 Å². The summed E-state index contributed by atoms with van der Waals surface area (Å²) >= 11 is 0.949. The van der Waals surface area contributed by atoms with E-state index >= 15 is 0 Å². The molecule has 0 saturated carbocycles. The van der Waals surface area contributed by atoms with Gasteiger partial charge in [0, 0.05) is 29.2 Å². The Morgan fingerprint density at radius 1 is 1.45 bits per heavy atom. The van der Waals surface area contributed by atoms with Crippen LogP contribution in [-0.2, 0) is 10.0 Å². The summed E-state index contributed by atoms with van der Waals surface area (Å²) in [5.74, 6) is -1.22. The summed E-state index contributed by atoms with van der Waals surface area (Å²) in [7, 11) is -3.74. The molecule has 0 fully saturated rings. The summed E-state index contributed by atoms with van der Waals surface area (Å²) in [4.78, 5) is 15.6. The van der Waals surface area contributed by atoms with Crippen molar-refractivity contribution in [1.29, 1.82) is 0 Å². The number of carboxylic acid groups (broad SMARTS) is 1. The van der Waals surface area contributed by atoms with E-state index in [1.54, 1.807) is 19.2 Å². The molecule has 2 rings (SSSR count). The van der Waals surface area contributed by atoms with Crippen LogP contribution in [0.3, 0.4) is 0 Å². The van der Waals surface area contributed by atoms with E-state index in [1.165, 1.54) is 6.07 Å². The number of nitrogens with one attached hydrogen (secondary N) is 1. The minimum absolute atomic E-state index is 0.00986. The number of aromatic nitrogens is 1. The predicted octanol–water partition coefficient (Wildman–Crippen LogP) is 2.23. The number of nitrogens with zero attached hydrogens (tertiary/aromatic N) is 1. The van der Waals surface area contributed by atoms with Crippen LogP contribution in [0, 0.1) is 6.92 Å². The zero-order chi connectivity index (χ0) is 16.3. The molecule has 0 aromatic carbocycles. The molecular weight excluding hydrogens is 324 g/mol. The number of aromatic carboxylic acids is 1. The lowest BCUT2D eigenvalue weighted by atomic mass is 10.1. The maximum atomic E-state index is 12.3. The number of carbonyl (C=O) groups is 1. The van der Waals surface area contributed by atoms with Gasteiger partial charge in [0.15, 0.2) is 0 Å². The SMILES string of the molecule is Cc1sc(C(=O)O)cc1S(=O)(=O)NCC(C)c1ccccn1. The normalized spacial score (nSPS) is 13.0. The molecule has 0 aliphatic rings. The van der Waals surface area contributed by atoms with Crippen molar-refractivity contribution in [3.63, 3.8) is 0 Å². The highest BCUT2D eigenvalue weighted by Crippen LogP contribution is 2.26. The van der Waals surface area contributed by atoms with Crippen LogP contribution in [0.1, 0.15) is 33.1 Å². The van der Waals surface area contributed by atoms with Crippen LogP contribution in [0.2, 0.25) is 0 Å². The van der Waals surface area contributed by atoms with E-state index in [0.29, 0.717) is 4.88 Å². The van der Waals surface area contributed by atoms with Gasteiger partial charge >= 0.3 is 5.97 Å². The number of pyridine rings is 1. The maximum absolute atomic E-state index is 12.3. The van der Waals surface area contributed by atoms with Gasteiger partial charge in [-0.15, -0.1) is 11.3 Å². The van der Waals surface area contributed by atoms with Crippen LogP contribution in [0.25, 0.3) is 0 Å². The Bertz CT molecular complexity index is 769. The molecule has 6 nitrogen and oxygen atoms in total. The minimum Gasteiger partial charge on any atom is -0.477 e. The first-order valence-corrected chi connectivity index (χ1v) is 8.85. The van der Waals surface area contributed by atoms with E-state index in [1.807, 2.05) is 19.1 Å². The molecule has 0 aliphatic heterocycles. The fourth-order valence-electron chi connectivity index (χ4n) is 1.92. The monoisotopic (exact) mass is 340 g/mol. The molecule has 2 aromatic heterocycles. The molecule has 2 N–H and O–H groups in total. The number of thiophene rings is 1. The summed E-state index contributed by atoms with van der Waals surface area (Å²) in [5.41, 5.74) is 0.790. The Balaban J connectivity index is 2.13. The Morgan fingerprint density at radius 3 is 2.73 bits per heavy atom. The number of hydrogen-bond acceptors (Lipinski definition) is 5. The summed E-state index contributed by atoms with van der Waals surface area (Å²) < 4.78 is 27.1. The van der Waals surface area contributed by atoms with Crippen molar-refractivity contribution < 1.29 is 18.3 Å². The highest BCUT2D eigenvalue weighted by Gasteiger charge is 2.22. The molecule has 118 valence electrons. The molecule has 1 atom stereocenters. The van der Waals surface area contributed by atoms with Gasteiger partial charge in [-0.2, -0.15) is 0 Å². The lowest BCUT2D eigenvalue weighted by Gasteiger charge is -2.12. The van der Waals surface area contributed by atoms with Gasteiger partial charge in [0.1, 0.15) is 4.88 Å². The molecule has 8 heteroatoms. The molecule has 22 heavy (non-hydrogen) atoms. The van der Waals surface area contributed by atoms with Crippen LogP contribution in [-0.4, -0.2) is 31.0 Å². The van der Waals surface area contributed by atoms with E-state index in [-0.39, 0.29) is 22.2 Å².